The second-order valence-corrected chi connectivity index (χ2v) is 4.44. The molecular weight excluding hydrogens is 184 g/mol. The SMILES string of the molecule is CC(C)C(CC(=O)O)c1cccs1. The molecular formula is C10H14O2S. The highest BCUT2D eigenvalue weighted by Crippen LogP contribution is 2.30. The second kappa shape index (κ2) is 4.42. The van der Waals surface area contributed by atoms with Crippen molar-refractivity contribution in [1.29, 1.82) is 0 Å². The first-order valence-corrected chi connectivity index (χ1v) is 5.24. The van der Waals surface area contributed by atoms with Crippen molar-refractivity contribution in [3.63, 3.8) is 0 Å². The van der Waals surface area contributed by atoms with Gasteiger partial charge in [-0.05, 0) is 17.4 Å². The maximum Gasteiger partial charge on any atom is 0.304 e. The minimum atomic E-state index is -0.716. The fraction of sp³-hybridized carbons (Fsp3) is 0.500. The number of rotatable bonds is 4. The van der Waals surface area contributed by atoms with E-state index in [0.717, 1.165) is 0 Å². The van der Waals surface area contributed by atoms with Crippen LogP contribution in [0, 0.1) is 5.92 Å². The molecule has 0 spiro atoms. The Hall–Kier alpha value is -0.830. The molecule has 1 unspecified atom stereocenters. The Morgan fingerprint density at radius 1 is 1.62 bits per heavy atom. The standard InChI is InChI=1S/C10H14O2S/c1-7(2)8(6-10(11)12)9-4-3-5-13-9/h3-5,7-8H,6H2,1-2H3,(H,11,12). The van der Waals surface area contributed by atoms with Crippen LogP contribution in [-0.2, 0) is 4.79 Å². The predicted molar refractivity (Wildman–Crippen MR) is 54.2 cm³/mol. The van der Waals surface area contributed by atoms with E-state index in [4.69, 9.17) is 5.11 Å². The Labute approximate surface area is 82.2 Å². The molecule has 0 aliphatic heterocycles. The first kappa shape index (κ1) is 10.3. The number of thiophene rings is 1. The summed E-state index contributed by atoms with van der Waals surface area (Å²) in [6, 6.07) is 3.98. The monoisotopic (exact) mass is 198 g/mol. The molecule has 1 N–H and O–H groups in total. The van der Waals surface area contributed by atoms with E-state index in [2.05, 4.69) is 13.8 Å². The fourth-order valence-electron chi connectivity index (χ4n) is 1.36. The van der Waals surface area contributed by atoms with Crippen molar-refractivity contribution in [2.45, 2.75) is 26.2 Å². The van der Waals surface area contributed by atoms with E-state index in [-0.39, 0.29) is 12.3 Å². The van der Waals surface area contributed by atoms with E-state index in [0.29, 0.717) is 5.92 Å². The molecule has 72 valence electrons. The number of carbonyl (C=O) groups is 1. The van der Waals surface area contributed by atoms with Gasteiger partial charge in [0.05, 0.1) is 6.42 Å². The van der Waals surface area contributed by atoms with Gasteiger partial charge in [0.25, 0.3) is 0 Å². The van der Waals surface area contributed by atoms with Gasteiger partial charge in [0, 0.05) is 10.8 Å². The van der Waals surface area contributed by atoms with Crippen LogP contribution in [0.2, 0.25) is 0 Å². The third-order valence-electron chi connectivity index (χ3n) is 2.11. The van der Waals surface area contributed by atoms with Gasteiger partial charge in [-0.1, -0.05) is 19.9 Å². The normalized spacial score (nSPS) is 13.2. The Bertz CT molecular complexity index is 264. The second-order valence-electron chi connectivity index (χ2n) is 3.46. The molecule has 2 nitrogen and oxygen atoms in total. The largest absolute Gasteiger partial charge is 0.481 e. The van der Waals surface area contributed by atoms with Gasteiger partial charge in [-0.15, -0.1) is 11.3 Å². The minimum Gasteiger partial charge on any atom is -0.481 e. The van der Waals surface area contributed by atoms with Crippen molar-refractivity contribution in [1.82, 2.24) is 0 Å². The quantitative estimate of drug-likeness (QED) is 0.807. The highest BCUT2D eigenvalue weighted by atomic mass is 32.1. The van der Waals surface area contributed by atoms with Crippen molar-refractivity contribution >= 4 is 17.3 Å². The molecule has 0 aliphatic carbocycles. The van der Waals surface area contributed by atoms with Crippen LogP contribution in [0.25, 0.3) is 0 Å². The summed E-state index contributed by atoms with van der Waals surface area (Å²) < 4.78 is 0. The Morgan fingerprint density at radius 3 is 2.69 bits per heavy atom. The molecule has 0 amide bonds. The highest BCUT2D eigenvalue weighted by molar-refractivity contribution is 7.10. The van der Waals surface area contributed by atoms with Crippen LogP contribution in [-0.4, -0.2) is 11.1 Å². The lowest BCUT2D eigenvalue weighted by atomic mass is 9.91. The summed E-state index contributed by atoms with van der Waals surface area (Å²) in [6.45, 7) is 4.13. The Morgan fingerprint density at radius 2 is 2.31 bits per heavy atom. The maximum absolute atomic E-state index is 10.6. The molecule has 0 aliphatic rings. The molecule has 1 aromatic rings. The van der Waals surface area contributed by atoms with Crippen LogP contribution in [0.5, 0.6) is 0 Å². The lowest BCUT2D eigenvalue weighted by Gasteiger charge is -2.16. The van der Waals surface area contributed by atoms with E-state index < -0.39 is 5.97 Å². The summed E-state index contributed by atoms with van der Waals surface area (Å²) in [5, 5.41) is 10.7. The van der Waals surface area contributed by atoms with Crippen molar-refractivity contribution in [2.24, 2.45) is 5.92 Å². The van der Waals surface area contributed by atoms with Crippen LogP contribution < -0.4 is 0 Å². The van der Waals surface area contributed by atoms with Crippen molar-refractivity contribution < 1.29 is 9.90 Å². The van der Waals surface area contributed by atoms with E-state index >= 15 is 0 Å². The summed E-state index contributed by atoms with van der Waals surface area (Å²) in [5.74, 6) is -0.167. The lowest BCUT2D eigenvalue weighted by molar-refractivity contribution is -0.137. The van der Waals surface area contributed by atoms with Crippen LogP contribution in [0.3, 0.4) is 0 Å². The van der Waals surface area contributed by atoms with Gasteiger partial charge in [-0.2, -0.15) is 0 Å². The molecule has 0 aromatic carbocycles. The summed E-state index contributed by atoms with van der Waals surface area (Å²) >= 11 is 1.64. The smallest absolute Gasteiger partial charge is 0.304 e. The average Bonchev–Trinajstić information content (AvgIpc) is 2.50. The zero-order chi connectivity index (χ0) is 9.84. The van der Waals surface area contributed by atoms with Gasteiger partial charge in [0.1, 0.15) is 0 Å². The highest BCUT2D eigenvalue weighted by Gasteiger charge is 2.19. The predicted octanol–water partition coefficient (Wildman–Crippen LogP) is 2.96. The molecule has 1 heterocycles. The Balaban J connectivity index is 2.74. The van der Waals surface area contributed by atoms with E-state index in [1.54, 1.807) is 11.3 Å². The molecule has 1 rings (SSSR count). The van der Waals surface area contributed by atoms with Crippen molar-refractivity contribution in [3.05, 3.63) is 22.4 Å². The number of aliphatic carboxylic acids is 1. The lowest BCUT2D eigenvalue weighted by Crippen LogP contribution is -2.10. The van der Waals surface area contributed by atoms with Gasteiger partial charge < -0.3 is 5.11 Å². The third-order valence-corrected chi connectivity index (χ3v) is 3.11. The van der Waals surface area contributed by atoms with E-state index in [1.807, 2.05) is 17.5 Å². The number of carboxylic acids is 1. The Kier molecular flexibility index (Phi) is 3.48. The molecule has 0 bridgehead atoms. The number of carboxylic acid groups (broad SMARTS) is 1. The molecule has 0 saturated carbocycles. The molecule has 0 saturated heterocycles. The van der Waals surface area contributed by atoms with Crippen molar-refractivity contribution in [2.75, 3.05) is 0 Å². The average molecular weight is 198 g/mol. The van der Waals surface area contributed by atoms with Gasteiger partial charge in [0.15, 0.2) is 0 Å². The van der Waals surface area contributed by atoms with Crippen molar-refractivity contribution in [3.8, 4) is 0 Å². The minimum absolute atomic E-state index is 0.164. The molecule has 3 heteroatoms. The first-order chi connectivity index (χ1) is 6.11. The van der Waals surface area contributed by atoms with Gasteiger partial charge in [-0.3, -0.25) is 4.79 Å². The van der Waals surface area contributed by atoms with Gasteiger partial charge in [-0.25, -0.2) is 0 Å². The summed E-state index contributed by atoms with van der Waals surface area (Å²) in [7, 11) is 0. The zero-order valence-electron chi connectivity index (χ0n) is 7.86. The summed E-state index contributed by atoms with van der Waals surface area (Å²) in [6.07, 6.45) is 0.234. The molecule has 1 aromatic heterocycles. The molecule has 13 heavy (non-hydrogen) atoms. The van der Waals surface area contributed by atoms with E-state index in [1.165, 1.54) is 4.88 Å². The topological polar surface area (TPSA) is 37.3 Å². The third kappa shape index (κ3) is 2.84. The van der Waals surface area contributed by atoms with Crippen LogP contribution in [0.4, 0.5) is 0 Å². The summed E-state index contributed by atoms with van der Waals surface area (Å²) in [5.41, 5.74) is 0. The van der Waals surface area contributed by atoms with Crippen LogP contribution >= 0.6 is 11.3 Å². The fourth-order valence-corrected chi connectivity index (χ4v) is 2.36. The summed E-state index contributed by atoms with van der Waals surface area (Å²) in [4.78, 5) is 11.8. The van der Waals surface area contributed by atoms with Gasteiger partial charge in [0.2, 0.25) is 0 Å². The molecule has 1 atom stereocenters. The number of hydrogen-bond donors (Lipinski definition) is 1. The van der Waals surface area contributed by atoms with Crippen LogP contribution in [0.15, 0.2) is 17.5 Å². The van der Waals surface area contributed by atoms with E-state index in [9.17, 15) is 4.79 Å². The number of hydrogen-bond acceptors (Lipinski definition) is 2. The maximum atomic E-state index is 10.6. The molecule has 0 fully saturated rings. The van der Waals surface area contributed by atoms with Gasteiger partial charge >= 0.3 is 5.97 Å². The van der Waals surface area contributed by atoms with Crippen LogP contribution in [0.1, 0.15) is 31.1 Å². The molecule has 0 radical (unpaired) electrons. The zero-order valence-corrected chi connectivity index (χ0v) is 8.67. The first-order valence-electron chi connectivity index (χ1n) is 4.36.